The van der Waals surface area contributed by atoms with Crippen molar-refractivity contribution in [2.75, 3.05) is 38.9 Å². The number of likely N-dealkylation sites (N-methyl/N-ethyl adjacent to an activating group) is 1. The number of carbonyl (C=O) groups excluding carboxylic acids is 1. The molecule has 2 aliphatic rings. The highest BCUT2D eigenvalue weighted by atomic mass is 32.2. The third-order valence-corrected chi connectivity index (χ3v) is 7.88. The van der Waals surface area contributed by atoms with Crippen LogP contribution in [-0.2, 0) is 24.4 Å². The second kappa shape index (κ2) is 8.73. The summed E-state index contributed by atoms with van der Waals surface area (Å²) >= 11 is 0. The molecule has 4 rings (SSSR count). The number of hydrogen-bond acceptors (Lipinski definition) is 7. The molecule has 0 saturated carbocycles. The summed E-state index contributed by atoms with van der Waals surface area (Å²) in [6, 6.07) is 11.5. The van der Waals surface area contributed by atoms with E-state index in [-0.39, 0.29) is 28.7 Å². The van der Waals surface area contributed by atoms with E-state index in [2.05, 4.69) is 9.68 Å². The second-order valence-corrected chi connectivity index (χ2v) is 13.6. The summed E-state index contributed by atoms with van der Waals surface area (Å²) in [7, 11) is -3.85. The van der Waals surface area contributed by atoms with E-state index >= 15 is 0 Å². The van der Waals surface area contributed by atoms with Gasteiger partial charge in [0.1, 0.15) is 11.5 Å². The van der Waals surface area contributed by atoms with Crippen molar-refractivity contribution in [2.45, 2.75) is 23.3 Å². The molecule has 10 heteroatoms. The van der Waals surface area contributed by atoms with Crippen molar-refractivity contribution < 1.29 is 22.2 Å². The first-order valence-electron chi connectivity index (χ1n) is 10.7. The summed E-state index contributed by atoms with van der Waals surface area (Å²) in [4.78, 5) is 14.6. The number of hydrogen-bond donors (Lipinski definition) is 1. The van der Waals surface area contributed by atoms with E-state index in [1.807, 2.05) is 6.07 Å². The van der Waals surface area contributed by atoms with Gasteiger partial charge in [-0.05, 0) is 61.3 Å². The fourth-order valence-electron chi connectivity index (χ4n) is 4.63. The Kier molecular flexibility index (Phi) is 6.28. The summed E-state index contributed by atoms with van der Waals surface area (Å²) < 4.78 is 46.4. The van der Waals surface area contributed by atoms with Gasteiger partial charge in [0.25, 0.3) is 0 Å². The van der Waals surface area contributed by atoms with E-state index in [1.165, 1.54) is 12.1 Å². The van der Waals surface area contributed by atoms with Crippen LogP contribution in [0.15, 0.2) is 51.7 Å². The lowest BCUT2D eigenvalue weighted by molar-refractivity contribution is -0.136. The highest BCUT2D eigenvalue weighted by Gasteiger charge is 2.45. The van der Waals surface area contributed by atoms with Gasteiger partial charge in [0, 0.05) is 53.6 Å². The Morgan fingerprint density at radius 2 is 1.76 bits per heavy atom. The fraction of sp³-hybridized carbons (Fsp3) is 0.435. The summed E-state index contributed by atoms with van der Waals surface area (Å²) in [6.45, 7) is 1.32. The molecule has 3 unspecified atom stereocenters. The van der Waals surface area contributed by atoms with Crippen molar-refractivity contribution in [3.63, 3.8) is 0 Å². The third kappa shape index (κ3) is 5.23. The number of sulfone groups is 1. The zero-order valence-corrected chi connectivity index (χ0v) is 20.8. The summed E-state index contributed by atoms with van der Waals surface area (Å²) in [5.41, 5.74) is 1.49. The van der Waals surface area contributed by atoms with Gasteiger partial charge >= 0.3 is 0 Å². The molecule has 0 spiro atoms. The van der Waals surface area contributed by atoms with Crippen LogP contribution >= 0.6 is 0 Å². The number of amides is 1. The number of ether oxygens (including phenoxy) is 1. The fourth-order valence-corrected chi connectivity index (χ4v) is 5.88. The van der Waals surface area contributed by atoms with Gasteiger partial charge in [-0.3, -0.25) is 4.79 Å². The molecule has 1 N–H and O–H groups in total. The van der Waals surface area contributed by atoms with Crippen LogP contribution in [0.3, 0.4) is 0 Å². The minimum Gasteiger partial charge on any atom is -0.457 e. The summed E-state index contributed by atoms with van der Waals surface area (Å²) in [5.74, 6) is 1.34. The Morgan fingerprint density at radius 3 is 2.39 bits per heavy atom. The van der Waals surface area contributed by atoms with Crippen LogP contribution in [0.25, 0.3) is 0 Å². The molecular weight excluding hydrogens is 462 g/mol. The number of nitrogens with one attached hydrogen (secondary N) is 1. The van der Waals surface area contributed by atoms with Crippen LogP contribution in [0.4, 0.5) is 5.69 Å². The highest BCUT2D eigenvalue weighted by Crippen LogP contribution is 2.43. The predicted octanol–water partition coefficient (Wildman–Crippen LogP) is 2.78. The first-order valence-corrected chi connectivity index (χ1v) is 14.9. The van der Waals surface area contributed by atoms with E-state index in [1.54, 1.807) is 48.7 Å². The topological polar surface area (TPSA) is 105 Å². The molecule has 2 saturated heterocycles. The van der Waals surface area contributed by atoms with Crippen LogP contribution < -0.4 is 10.1 Å². The number of carbonyl (C=O) groups is 1. The maximum Gasteiger partial charge on any atom is 0.239 e. The maximum absolute atomic E-state index is 12.7. The Labute approximate surface area is 195 Å². The Bertz CT molecular complexity index is 1290. The Hall–Kier alpha value is -2.43. The first kappa shape index (κ1) is 23.7. The molecule has 0 aliphatic carbocycles. The molecule has 8 nitrogen and oxygen atoms in total. The van der Waals surface area contributed by atoms with Crippen molar-refractivity contribution >= 4 is 31.2 Å². The standard InChI is InChI=1S/C23H29N3O5S2/c1-26-14-20(18-11-12-24-22(18)23(26)27)19-13-15(25-32(2,3)28)5-10-21(19)31-16-6-8-17(9-7-16)33(4,29)30/h5-10,13,18,20,22,24H,11-12,14H2,1-4H3. The van der Waals surface area contributed by atoms with E-state index in [9.17, 15) is 17.4 Å². The van der Waals surface area contributed by atoms with Crippen molar-refractivity contribution in [3.05, 3.63) is 48.0 Å². The van der Waals surface area contributed by atoms with Gasteiger partial charge < -0.3 is 15.0 Å². The van der Waals surface area contributed by atoms with Crippen molar-refractivity contribution in [2.24, 2.45) is 10.3 Å². The first-order chi connectivity index (χ1) is 15.4. The minimum absolute atomic E-state index is 0.0120. The monoisotopic (exact) mass is 491 g/mol. The van der Waals surface area contributed by atoms with Crippen LogP contribution in [0.2, 0.25) is 0 Å². The number of rotatable bonds is 5. The average molecular weight is 492 g/mol. The van der Waals surface area contributed by atoms with Crippen LogP contribution in [0.5, 0.6) is 11.5 Å². The number of benzene rings is 2. The lowest BCUT2D eigenvalue weighted by atomic mass is 9.77. The zero-order chi connectivity index (χ0) is 24.0. The molecule has 2 fully saturated rings. The van der Waals surface area contributed by atoms with Gasteiger partial charge in [0.15, 0.2) is 9.84 Å². The smallest absolute Gasteiger partial charge is 0.239 e. The SMILES string of the molecule is CN1CC(c2cc(N=S(C)(C)=O)ccc2Oc2ccc(S(C)(=O)=O)cc2)C2CCNC2C1=O. The lowest BCUT2D eigenvalue weighted by Crippen LogP contribution is -2.52. The van der Waals surface area contributed by atoms with E-state index in [0.717, 1.165) is 24.8 Å². The van der Waals surface area contributed by atoms with Gasteiger partial charge in [-0.1, -0.05) is 0 Å². The van der Waals surface area contributed by atoms with Crippen molar-refractivity contribution in [1.29, 1.82) is 0 Å². The summed E-state index contributed by atoms with van der Waals surface area (Å²) in [5, 5.41) is 3.32. The molecule has 3 atom stereocenters. The second-order valence-electron chi connectivity index (χ2n) is 9.05. The van der Waals surface area contributed by atoms with Gasteiger partial charge in [-0.25, -0.2) is 12.6 Å². The molecule has 178 valence electrons. The van der Waals surface area contributed by atoms with Gasteiger partial charge in [-0.15, -0.1) is 0 Å². The van der Waals surface area contributed by atoms with E-state index < -0.39 is 19.6 Å². The molecule has 1 amide bonds. The summed E-state index contributed by atoms with van der Waals surface area (Å²) in [6.07, 6.45) is 5.21. The molecular formula is C23H29N3O5S2. The van der Waals surface area contributed by atoms with Crippen LogP contribution in [-0.4, -0.2) is 68.4 Å². The maximum atomic E-state index is 12.7. The van der Waals surface area contributed by atoms with Gasteiger partial charge in [-0.2, -0.15) is 4.36 Å². The molecule has 2 aromatic carbocycles. The molecule has 2 aliphatic heterocycles. The molecule has 2 heterocycles. The predicted molar refractivity (Wildman–Crippen MR) is 128 cm³/mol. The van der Waals surface area contributed by atoms with Crippen molar-refractivity contribution in [1.82, 2.24) is 10.2 Å². The molecule has 33 heavy (non-hydrogen) atoms. The number of nitrogens with zero attached hydrogens (tertiary/aromatic N) is 2. The number of piperidine rings is 1. The lowest BCUT2D eigenvalue weighted by Gasteiger charge is -2.39. The normalized spacial score (nSPS) is 23.3. The molecule has 0 radical (unpaired) electrons. The zero-order valence-electron chi connectivity index (χ0n) is 19.1. The van der Waals surface area contributed by atoms with E-state index in [4.69, 9.17) is 4.74 Å². The minimum atomic E-state index is -3.30. The third-order valence-electron chi connectivity index (χ3n) is 6.10. The highest BCUT2D eigenvalue weighted by molar-refractivity contribution is 7.92. The Morgan fingerprint density at radius 1 is 1.06 bits per heavy atom. The Balaban J connectivity index is 1.76. The van der Waals surface area contributed by atoms with Crippen LogP contribution in [0.1, 0.15) is 17.9 Å². The molecule has 2 aromatic rings. The average Bonchev–Trinajstić information content (AvgIpc) is 3.21. The number of fused-ring (bicyclic) bond motifs is 1. The van der Waals surface area contributed by atoms with E-state index in [0.29, 0.717) is 23.7 Å². The molecule has 0 bridgehead atoms. The quantitative estimate of drug-likeness (QED) is 0.690. The van der Waals surface area contributed by atoms with Gasteiger partial charge in [0.05, 0.1) is 16.6 Å². The number of likely N-dealkylation sites (tertiary alicyclic amines) is 1. The van der Waals surface area contributed by atoms with Crippen molar-refractivity contribution in [3.8, 4) is 11.5 Å². The van der Waals surface area contributed by atoms with Gasteiger partial charge in [0.2, 0.25) is 5.91 Å². The molecule has 0 aromatic heterocycles. The largest absolute Gasteiger partial charge is 0.457 e. The van der Waals surface area contributed by atoms with Crippen LogP contribution in [0, 0.1) is 5.92 Å².